The van der Waals surface area contributed by atoms with E-state index in [0.29, 0.717) is 48.5 Å². The third kappa shape index (κ3) is 5.30. The highest BCUT2D eigenvalue weighted by Gasteiger charge is 2.29. The summed E-state index contributed by atoms with van der Waals surface area (Å²) in [5.41, 5.74) is 2.93. The average Bonchev–Trinajstić information content (AvgIpc) is 2.89. The summed E-state index contributed by atoms with van der Waals surface area (Å²) < 4.78 is 1.70. The lowest BCUT2D eigenvalue weighted by Crippen LogP contribution is -2.42. The topological polar surface area (TPSA) is 80.1 Å². The Morgan fingerprint density at radius 3 is 2.49 bits per heavy atom. The van der Waals surface area contributed by atoms with Gasteiger partial charge in [0, 0.05) is 24.8 Å². The largest absolute Gasteiger partial charge is 0.327 e. The van der Waals surface area contributed by atoms with Crippen LogP contribution in [-0.2, 0) is 6.54 Å². The fraction of sp³-hybridized carbons (Fsp3) is 0.286. The van der Waals surface area contributed by atoms with Gasteiger partial charge in [0.05, 0.1) is 18.0 Å². The first-order valence-corrected chi connectivity index (χ1v) is 11.9. The smallest absolute Gasteiger partial charge is 0.263 e. The third-order valence-corrected chi connectivity index (χ3v) is 6.17. The molecule has 0 saturated carbocycles. The zero-order valence-corrected chi connectivity index (χ0v) is 20.4. The van der Waals surface area contributed by atoms with Crippen LogP contribution >= 0.6 is 0 Å². The first-order valence-electron chi connectivity index (χ1n) is 11.9. The molecule has 0 aliphatic carbocycles. The van der Waals surface area contributed by atoms with Gasteiger partial charge >= 0.3 is 0 Å². The Kier molecular flexibility index (Phi) is 7.67. The molecule has 0 aliphatic heterocycles. The van der Waals surface area contributed by atoms with Crippen LogP contribution in [0.15, 0.2) is 77.7 Å². The SMILES string of the molecule is CCC(c1nc2ncccc2c(=O)n1Cc1ccccc1)N(CCNC)C(=O)c1ccc(C)cc1. The van der Waals surface area contributed by atoms with Gasteiger partial charge in [-0.05, 0) is 50.2 Å². The van der Waals surface area contributed by atoms with Crippen LogP contribution in [0.1, 0.15) is 46.7 Å². The van der Waals surface area contributed by atoms with Gasteiger partial charge in [0.15, 0.2) is 5.65 Å². The predicted octanol–water partition coefficient (Wildman–Crippen LogP) is 3.96. The number of likely N-dealkylation sites (N-methyl/N-ethyl adjacent to an activating group) is 1. The van der Waals surface area contributed by atoms with Gasteiger partial charge in [0.2, 0.25) is 0 Å². The minimum absolute atomic E-state index is 0.0891. The molecule has 1 N–H and O–H groups in total. The molecule has 4 aromatic rings. The Morgan fingerprint density at radius 1 is 1.06 bits per heavy atom. The van der Waals surface area contributed by atoms with Crippen molar-refractivity contribution in [3.05, 3.63) is 106 Å². The first-order chi connectivity index (χ1) is 17.0. The van der Waals surface area contributed by atoms with Gasteiger partial charge in [0.25, 0.3) is 11.5 Å². The summed E-state index contributed by atoms with van der Waals surface area (Å²) in [5.74, 6) is 0.456. The fourth-order valence-electron chi connectivity index (χ4n) is 4.28. The van der Waals surface area contributed by atoms with E-state index in [9.17, 15) is 9.59 Å². The van der Waals surface area contributed by atoms with Crippen LogP contribution in [0.25, 0.3) is 11.0 Å². The maximum absolute atomic E-state index is 13.7. The van der Waals surface area contributed by atoms with Crippen molar-refractivity contribution in [2.24, 2.45) is 0 Å². The lowest BCUT2D eigenvalue weighted by molar-refractivity contribution is 0.0660. The minimum Gasteiger partial charge on any atom is -0.327 e. The van der Waals surface area contributed by atoms with Crippen LogP contribution in [0.4, 0.5) is 0 Å². The molecule has 0 saturated heterocycles. The van der Waals surface area contributed by atoms with Crippen molar-refractivity contribution < 1.29 is 4.79 Å². The van der Waals surface area contributed by atoms with Gasteiger partial charge in [-0.25, -0.2) is 9.97 Å². The number of nitrogens with one attached hydrogen (secondary N) is 1. The van der Waals surface area contributed by atoms with E-state index >= 15 is 0 Å². The Balaban J connectivity index is 1.86. The molecule has 0 spiro atoms. The maximum atomic E-state index is 13.7. The maximum Gasteiger partial charge on any atom is 0.263 e. The molecule has 0 fully saturated rings. The number of hydrogen-bond acceptors (Lipinski definition) is 5. The van der Waals surface area contributed by atoms with Gasteiger partial charge in [-0.3, -0.25) is 14.2 Å². The number of carbonyl (C=O) groups is 1. The van der Waals surface area contributed by atoms with E-state index in [0.717, 1.165) is 11.1 Å². The monoisotopic (exact) mass is 469 g/mol. The highest BCUT2D eigenvalue weighted by Crippen LogP contribution is 2.26. The highest BCUT2D eigenvalue weighted by atomic mass is 16.2. The number of aromatic nitrogens is 3. The van der Waals surface area contributed by atoms with Crippen LogP contribution in [0.5, 0.6) is 0 Å². The van der Waals surface area contributed by atoms with Crippen molar-refractivity contribution >= 4 is 16.9 Å². The van der Waals surface area contributed by atoms with Gasteiger partial charge in [-0.15, -0.1) is 0 Å². The number of amides is 1. The molecule has 4 rings (SSSR count). The average molecular weight is 470 g/mol. The number of hydrogen-bond donors (Lipinski definition) is 1. The summed E-state index contributed by atoms with van der Waals surface area (Å²) in [6.45, 7) is 5.46. The molecule has 0 bridgehead atoms. The minimum atomic E-state index is -0.403. The number of fused-ring (bicyclic) bond motifs is 1. The molecular weight excluding hydrogens is 438 g/mol. The second-order valence-corrected chi connectivity index (χ2v) is 8.61. The number of benzene rings is 2. The second-order valence-electron chi connectivity index (χ2n) is 8.61. The molecule has 2 aromatic carbocycles. The van der Waals surface area contributed by atoms with E-state index in [1.54, 1.807) is 22.9 Å². The normalized spacial score (nSPS) is 12.0. The summed E-state index contributed by atoms with van der Waals surface area (Å²) in [4.78, 5) is 38.4. The zero-order chi connectivity index (χ0) is 24.8. The van der Waals surface area contributed by atoms with Crippen molar-refractivity contribution in [1.29, 1.82) is 0 Å². The van der Waals surface area contributed by atoms with E-state index in [1.165, 1.54) is 0 Å². The van der Waals surface area contributed by atoms with Gasteiger partial charge in [-0.1, -0.05) is 55.0 Å². The molecule has 7 heteroatoms. The molecule has 1 amide bonds. The summed E-state index contributed by atoms with van der Waals surface area (Å²) >= 11 is 0. The third-order valence-electron chi connectivity index (χ3n) is 6.17. The van der Waals surface area contributed by atoms with Gasteiger partial charge in [-0.2, -0.15) is 0 Å². The molecule has 180 valence electrons. The molecule has 1 atom stereocenters. The van der Waals surface area contributed by atoms with E-state index < -0.39 is 6.04 Å². The van der Waals surface area contributed by atoms with Crippen molar-refractivity contribution in [1.82, 2.24) is 24.8 Å². The standard InChI is InChI=1S/C28H31N5O2/c1-4-24(32(18-17-29-3)27(34)22-14-12-20(2)13-15-22)26-31-25-23(11-8-16-30-25)28(35)33(26)19-21-9-6-5-7-10-21/h5-16,24,29H,4,17-19H2,1-3H3. The Bertz CT molecular complexity index is 1350. The molecule has 0 radical (unpaired) electrons. The summed E-state index contributed by atoms with van der Waals surface area (Å²) in [6, 6.07) is 20.5. The van der Waals surface area contributed by atoms with Crippen LogP contribution in [0.3, 0.4) is 0 Å². The second kappa shape index (κ2) is 11.1. The highest BCUT2D eigenvalue weighted by molar-refractivity contribution is 5.94. The van der Waals surface area contributed by atoms with Crippen molar-refractivity contribution in [3.63, 3.8) is 0 Å². The van der Waals surface area contributed by atoms with E-state index in [1.807, 2.05) is 80.4 Å². The Morgan fingerprint density at radius 2 is 1.80 bits per heavy atom. The molecule has 35 heavy (non-hydrogen) atoms. The zero-order valence-electron chi connectivity index (χ0n) is 20.4. The molecule has 2 heterocycles. The van der Waals surface area contributed by atoms with E-state index in [4.69, 9.17) is 4.98 Å². The fourth-order valence-corrected chi connectivity index (χ4v) is 4.28. The Labute approximate surface area is 205 Å². The number of carbonyl (C=O) groups excluding carboxylic acids is 1. The molecule has 2 aromatic heterocycles. The summed E-state index contributed by atoms with van der Waals surface area (Å²) in [6.07, 6.45) is 2.23. The lowest BCUT2D eigenvalue weighted by atomic mass is 10.1. The number of aryl methyl sites for hydroxylation is 1. The van der Waals surface area contributed by atoms with Crippen LogP contribution in [-0.4, -0.2) is 45.5 Å². The number of pyridine rings is 1. The summed E-state index contributed by atoms with van der Waals surface area (Å²) in [5, 5.41) is 3.61. The van der Waals surface area contributed by atoms with Gasteiger partial charge < -0.3 is 10.2 Å². The van der Waals surface area contributed by atoms with Crippen molar-refractivity contribution in [3.8, 4) is 0 Å². The quantitative estimate of drug-likeness (QED) is 0.401. The number of nitrogens with zero attached hydrogens (tertiary/aromatic N) is 4. The molecule has 7 nitrogen and oxygen atoms in total. The van der Waals surface area contributed by atoms with Gasteiger partial charge in [0.1, 0.15) is 5.82 Å². The van der Waals surface area contributed by atoms with E-state index in [2.05, 4.69) is 10.3 Å². The van der Waals surface area contributed by atoms with Crippen LogP contribution in [0, 0.1) is 6.92 Å². The molecular formula is C28H31N5O2. The Hall–Kier alpha value is -3.84. The number of rotatable bonds is 9. The van der Waals surface area contributed by atoms with Crippen molar-refractivity contribution in [2.75, 3.05) is 20.1 Å². The van der Waals surface area contributed by atoms with Crippen molar-refractivity contribution in [2.45, 2.75) is 32.9 Å². The predicted molar refractivity (Wildman–Crippen MR) is 139 cm³/mol. The molecule has 0 aliphatic rings. The molecule has 1 unspecified atom stereocenters. The lowest BCUT2D eigenvalue weighted by Gasteiger charge is -2.32. The van der Waals surface area contributed by atoms with Crippen LogP contribution in [0.2, 0.25) is 0 Å². The van der Waals surface area contributed by atoms with Crippen LogP contribution < -0.4 is 10.9 Å². The summed E-state index contributed by atoms with van der Waals surface area (Å²) in [7, 11) is 1.86. The van der Waals surface area contributed by atoms with E-state index in [-0.39, 0.29) is 11.5 Å². The first kappa shape index (κ1) is 24.3.